The predicted molar refractivity (Wildman–Crippen MR) is 83.5 cm³/mol. The highest BCUT2D eigenvalue weighted by molar-refractivity contribution is 5.95. The molecule has 0 spiro atoms. The molecule has 2 aromatic carbocycles. The van der Waals surface area contributed by atoms with Crippen molar-refractivity contribution in [2.45, 2.75) is 19.2 Å². The zero-order valence-electron chi connectivity index (χ0n) is 13.4. The number of ether oxygens (including phenoxy) is 1. The van der Waals surface area contributed by atoms with Gasteiger partial charge in [-0.15, -0.1) is 0 Å². The van der Waals surface area contributed by atoms with Crippen LogP contribution in [0.2, 0.25) is 0 Å². The number of benzene rings is 2. The largest absolute Gasteiger partial charge is 0.481 e. The van der Waals surface area contributed by atoms with Gasteiger partial charge in [-0.1, -0.05) is 6.07 Å². The molecule has 0 radical (unpaired) electrons. The van der Waals surface area contributed by atoms with Crippen LogP contribution in [0.25, 0.3) is 0 Å². The van der Waals surface area contributed by atoms with Gasteiger partial charge in [0.25, 0.3) is 11.8 Å². The first kappa shape index (κ1) is 19.2. The Morgan fingerprint density at radius 1 is 1.04 bits per heavy atom. The number of alkyl halides is 3. The van der Waals surface area contributed by atoms with Crippen molar-refractivity contribution in [1.29, 1.82) is 0 Å². The molecular formula is C17H14F4N2O3. The fourth-order valence-electron chi connectivity index (χ4n) is 1.90. The summed E-state index contributed by atoms with van der Waals surface area (Å²) < 4.78 is 56.0. The summed E-state index contributed by atoms with van der Waals surface area (Å²) in [6.45, 7) is 1.38. The summed E-state index contributed by atoms with van der Waals surface area (Å²) in [5.74, 6) is -1.89. The summed E-state index contributed by atoms with van der Waals surface area (Å²) in [6, 6.07) is 8.69. The number of hydrazine groups is 1. The average Bonchev–Trinajstić information content (AvgIpc) is 2.60. The summed E-state index contributed by atoms with van der Waals surface area (Å²) >= 11 is 0. The Balaban J connectivity index is 1.92. The summed E-state index contributed by atoms with van der Waals surface area (Å²) in [4.78, 5) is 23.7. The second-order valence-electron chi connectivity index (χ2n) is 5.24. The minimum atomic E-state index is -4.59. The predicted octanol–water partition coefficient (Wildman–Crippen LogP) is 3.07. The zero-order chi connectivity index (χ0) is 19.3. The lowest BCUT2D eigenvalue weighted by Crippen LogP contribution is -2.47. The van der Waals surface area contributed by atoms with Gasteiger partial charge in [-0.25, -0.2) is 4.39 Å². The number of nitrogens with one attached hydrogen (secondary N) is 2. The van der Waals surface area contributed by atoms with Gasteiger partial charge in [-0.05, 0) is 49.4 Å². The molecule has 1 atom stereocenters. The fourth-order valence-corrected chi connectivity index (χ4v) is 1.90. The SMILES string of the molecule is C[C@@H](Oc1ccc(F)cc1)C(=O)NNC(=O)c1cccc(C(F)(F)F)c1. The smallest absolute Gasteiger partial charge is 0.416 e. The molecule has 2 aromatic rings. The highest BCUT2D eigenvalue weighted by Gasteiger charge is 2.31. The first-order valence-electron chi connectivity index (χ1n) is 7.36. The second-order valence-corrected chi connectivity index (χ2v) is 5.24. The number of carbonyl (C=O) groups is 2. The number of halogens is 4. The average molecular weight is 370 g/mol. The van der Waals surface area contributed by atoms with Crippen LogP contribution in [0.15, 0.2) is 48.5 Å². The van der Waals surface area contributed by atoms with Crippen molar-refractivity contribution in [1.82, 2.24) is 10.9 Å². The number of carbonyl (C=O) groups excluding carboxylic acids is 2. The molecule has 0 bridgehead atoms. The van der Waals surface area contributed by atoms with Crippen LogP contribution in [-0.2, 0) is 11.0 Å². The zero-order valence-corrected chi connectivity index (χ0v) is 13.4. The van der Waals surface area contributed by atoms with Gasteiger partial charge in [0, 0.05) is 5.56 Å². The number of rotatable bonds is 4. The maximum atomic E-state index is 12.8. The third kappa shape index (κ3) is 5.20. The molecule has 0 fully saturated rings. The fraction of sp³-hybridized carbons (Fsp3) is 0.176. The highest BCUT2D eigenvalue weighted by atomic mass is 19.4. The van der Waals surface area contributed by atoms with E-state index < -0.39 is 35.5 Å². The van der Waals surface area contributed by atoms with E-state index in [-0.39, 0.29) is 11.3 Å². The van der Waals surface area contributed by atoms with E-state index in [9.17, 15) is 27.2 Å². The van der Waals surface area contributed by atoms with E-state index in [4.69, 9.17) is 4.74 Å². The van der Waals surface area contributed by atoms with Gasteiger partial charge >= 0.3 is 6.18 Å². The number of hydrogen-bond acceptors (Lipinski definition) is 3. The Morgan fingerprint density at radius 2 is 1.69 bits per heavy atom. The van der Waals surface area contributed by atoms with E-state index in [1.807, 2.05) is 5.43 Å². The van der Waals surface area contributed by atoms with Crippen molar-refractivity contribution < 1.29 is 31.9 Å². The molecule has 9 heteroatoms. The van der Waals surface area contributed by atoms with Crippen LogP contribution in [0.4, 0.5) is 17.6 Å². The van der Waals surface area contributed by atoms with Crippen LogP contribution < -0.4 is 15.6 Å². The molecule has 0 unspecified atom stereocenters. The lowest BCUT2D eigenvalue weighted by Gasteiger charge is -2.15. The standard InChI is InChI=1S/C17H14F4N2O3/c1-10(26-14-7-5-13(18)6-8-14)15(24)22-23-16(25)11-3-2-4-12(9-11)17(19,20)21/h2-10H,1H3,(H,22,24)(H,23,25)/t10-/m1/s1. The van der Waals surface area contributed by atoms with Crippen molar-refractivity contribution in [3.05, 3.63) is 65.5 Å². The van der Waals surface area contributed by atoms with Crippen molar-refractivity contribution in [2.75, 3.05) is 0 Å². The maximum absolute atomic E-state index is 12.8. The van der Waals surface area contributed by atoms with Gasteiger partial charge in [-0.3, -0.25) is 20.4 Å². The van der Waals surface area contributed by atoms with E-state index in [0.717, 1.165) is 24.3 Å². The molecule has 0 heterocycles. The Hall–Kier alpha value is -3.10. The molecule has 138 valence electrons. The summed E-state index contributed by atoms with van der Waals surface area (Å²) in [5, 5.41) is 0. The summed E-state index contributed by atoms with van der Waals surface area (Å²) in [5.41, 5.74) is 2.81. The molecule has 0 saturated heterocycles. The van der Waals surface area contributed by atoms with E-state index in [1.54, 1.807) is 0 Å². The first-order chi connectivity index (χ1) is 12.2. The van der Waals surface area contributed by atoms with E-state index in [0.29, 0.717) is 6.07 Å². The second kappa shape index (κ2) is 7.85. The lowest BCUT2D eigenvalue weighted by molar-refractivity contribution is -0.137. The maximum Gasteiger partial charge on any atom is 0.416 e. The molecule has 0 aliphatic rings. The third-order valence-electron chi connectivity index (χ3n) is 3.25. The molecule has 0 aromatic heterocycles. The van der Waals surface area contributed by atoms with Gasteiger partial charge in [0.1, 0.15) is 11.6 Å². The van der Waals surface area contributed by atoms with Crippen LogP contribution in [0.3, 0.4) is 0 Å². The Morgan fingerprint density at radius 3 is 2.31 bits per heavy atom. The van der Waals surface area contributed by atoms with Crippen LogP contribution in [0.5, 0.6) is 5.75 Å². The summed E-state index contributed by atoms with van der Waals surface area (Å²) in [7, 11) is 0. The molecule has 5 nitrogen and oxygen atoms in total. The van der Waals surface area contributed by atoms with Crippen LogP contribution in [0, 0.1) is 5.82 Å². The Labute approximate surface area is 145 Å². The van der Waals surface area contributed by atoms with E-state index in [2.05, 4.69) is 5.43 Å². The van der Waals surface area contributed by atoms with Gasteiger partial charge in [0.2, 0.25) is 0 Å². The topological polar surface area (TPSA) is 67.4 Å². The van der Waals surface area contributed by atoms with Crippen LogP contribution in [-0.4, -0.2) is 17.9 Å². The summed E-state index contributed by atoms with van der Waals surface area (Å²) in [6.07, 6.45) is -5.63. The van der Waals surface area contributed by atoms with Crippen LogP contribution >= 0.6 is 0 Å². The molecule has 2 rings (SSSR count). The molecule has 0 saturated carbocycles. The number of hydrogen-bond donors (Lipinski definition) is 2. The molecule has 2 N–H and O–H groups in total. The van der Waals surface area contributed by atoms with Crippen molar-refractivity contribution in [3.63, 3.8) is 0 Å². The normalized spacial score (nSPS) is 12.2. The Bertz CT molecular complexity index is 791. The molecule has 26 heavy (non-hydrogen) atoms. The first-order valence-corrected chi connectivity index (χ1v) is 7.36. The van der Waals surface area contributed by atoms with Gasteiger partial charge in [-0.2, -0.15) is 13.2 Å². The molecule has 2 amide bonds. The lowest BCUT2D eigenvalue weighted by atomic mass is 10.1. The van der Waals surface area contributed by atoms with Crippen molar-refractivity contribution >= 4 is 11.8 Å². The quantitative estimate of drug-likeness (QED) is 0.642. The highest BCUT2D eigenvalue weighted by Crippen LogP contribution is 2.29. The van der Waals surface area contributed by atoms with Crippen molar-refractivity contribution in [3.8, 4) is 5.75 Å². The van der Waals surface area contributed by atoms with Gasteiger partial charge in [0.15, 0.2) is 6.10 Å². The number of amides is 2. The van der Waals surface area contributed by atoms with E-state index in [1.165, 1.54) is 25.1 Å². The third-order valence-corrected chi connectivity index (χ3v) is 3.25. The van der Waals surface area contributed by atoms with Gasteiger partial charge < -0.3 is 4.74 Å². The molecular weight excluding hydrogens is 356 g/mol. The van der Waals surface area contributed by atoms with Gasteiger partial charge in [0.05, 0.1) is 5.56 Å². The molecule has 0 aliphatic heterocycles. The van der Waals surface area contributed by atoms with Crippen LogP contribution in [0.1, 0.15) is 22.8 Å². The van der Waals surface area contributed by atoms with E-state index >= 15 is 0 Å². The monoisotopic (exact) mass is 370 g/mol. The molecule has 0 aliphatic carbocycles. The Kier molecular flexibility index (Phi) is 5.81. The minimum absolute atomic E-state index is 0.234. The minimum Gasteiger partial charge on any atom is -0.481 e. The van der Waals surface area contributed by atoms with Crippen molar-refractivity contribution in [2.24, 2.45) is 0 Å².